The Morgan fingerprint density at radius 2 is 1.79 bits per heavy atom. The Hall–Kier alpha value is -3.65. The van der Waals surface area contributed by atoms with Crippen molar-refractivity contribution in [3.8, 4) is 11.4 Å². The molecule has 2 aromatic carbocycles. The van der Waals surface area contributed by atoms with E-state index in [9.17, 15) is 9.59 Å². The van der Waals surface area contributed by atoms with Gasteiger partial charge in [0.15, 0.2) is 5.78 Å². The van der Waals surface area contributed by atoms with Gasteiger partial charge in [-0.05, 0) is 28.8 Å². The fourth-order valence-electron chi connectivity index (χ4n) is 2.67. The summed E-state index contributed by atoms with van der Waals surface area (Å²) in [5.41, 5.74) is 2.28. The van der Waals surface area contributed by atoms with Crippen LogP contribution in [0.4, 0.5) is 5.69 Å². The first kappa shape index (κ1) is 17.7. The van der Waals surface area contributed by atoms with Crippen molar-refractivity contribution in [1.82, 2.24) is 20.2 Å². The average molecular weight is 389 g/mol. The van der Waals surface area contributed by atoms with E-state index < -0.39 is 0 Å². The summed E-state index contributed by atoms with van der Waals surface area (Å²) in [6, 6.07) is 17.7. The third kappa shape index (κ3) is 3.86. The van der Waals surface area contributed by atoms with Crippen LogP contribution in [0.25, 0.3) is 11.4 Å². The highest BCUT2D eigenvalue weighted by atomic mass is 32.1. The predicted molar refractivity (Wildman–Crippen MR) is 106 cm³/mol. The topological polar surface area (TPSA) is 89.8 Å². The van der Waals surface area contributed by atoms with Crippen molar-refractivity contribution < 1.29 is 9.59 Å². The van der Waals surface area contributed by atoms with E-state index in [1.165, 1.54) is 16.1 Å². The number of nitrogens with zero attached hydrogens (tertiary/aromatic N) is 4. The van der Waals surface area contributed by atoms with E-state index in [0.29, 0.717) is 22.6 Å². The van der Waals surface area contributed by atoms with Crippen LogP contribution in [0.1, 0.15) is 15.9 Å². The second-order valence-electron chi connectivity index (χ2n) is 5.94. The molecule has 0 unspecified atom stereocenters. The molecule has 0 atom stereocenters. The molecule has 0 saturated heterocycles. The van der Waals surface area contributed by atoms with Crippen molar-refractivity contribution in [3.05, 3.63) is 82.6 Å². The third-order valence-corrected chi connectivity index (χ3v) is 4.68. The summed E-state index contributed by atoms with van der Waals surface area (Å²) < 4.78 is 0. The first-order valence-corrected chi connectivity index (χ1v) is 9.44. The van der Waals surface area contributed by atoms with Crippen LogP contribution in [-0.4, -0.2) is 31.9 Å². The zero-order valence-electron chi connectivity index (χ0n) is 14.6. The quantitative estimate of drug-likeness (QED) is 0.511. The van der Waals surface area contributed by atoms with E-state index in [2.05, 4.69) is 20.7 Å². The summed E-state index contributed by atoms with van der Waals surface area (Å²) in [7, 11) is 0. The van der Waals surface area contributed by atoms with Crippen LogP contribution in [0.15, 0.2) is 71.4 Å². The van der Waals surface area contributed by atoms with Gasteiger partial charge in [-0.3, -0.25) is 9.59 Å². The maximum absolute atomic E-state index is 12.8. The number of carbonyl (C=O) groups is 2. The molecule has 8 heteroatoms. The standard InChI is InChI=1S/C20H15N5O2S/c26-18(12-25-23-20(22-24-25)15-10-11-28-13-15)21-17-9-5-4-8-16(17)19(27)14-6-2-1-3-7-14/h1-11,13H,12H2,(H,21,26). The van der Waals surface area contributed by atoms with Gasteiger partial charge in [-0.25, -0.2) is 0 Å². The molecule has 2 heterocycles. The minimum absolute atomic E-state index is 0.106. The van der Waals surface area contributed by atoms with Gasteiger partial charge in [-0.1, -0.05) is 42.5 Å². The first-order chi connectivity index (χ1) is 13.7. The molecule has 0 saturated carbocycles. The van der Waals surface area contributed by atoms with Crippen LogP contribution >= 0.6 is 11.3 Å². The van der Waals surface area contributed by atoms with E-state index >= 15 is 0 Å². The van der Waals surface area contributed by atoms with Crippen molar-refractivity contribution in [2.45, 2.75) is 6.54 Å². The predicted octanol–water partition coefficient (Wildman–Crippen LogP) is 3.27. The van der Waals surface area contributed by atoms with Crippen LogP contribution in [0.3, 0.4) is 0 Å². The average Bonchev–Trinajstić information content (AvgIpc) is 3.40. The van der Waals surface area contributed by atoms with E-state index in [-0.39, 0.29) is 18.2 Å². The number of ketones is 1. The second kappa shape index (κ2) is 7.93. The molecule has 1 N–H and O–H groups in total. The summed E-state index contributed by atoms with van der Waals surface area (Å²) in [6.07, 6.45) is 0. The lowest BCUT2D eigenvalue weighted by atomic mass is 10.0. The van der Waals surface area contributed by atoms with Crippen LogP contribution in [0.5, 0.6) is 0 Å². The summed E-state index contributed by atoms with van der Waals surface area (Å²) in [6.45, 7) is -0.106. The molecule has 0 aliphatic carbocycles. The molecule has 4 aromatic rings. The number of rotatable bonds is 6. The summed E-state index contributed by atoms with van der Waals surface area (Å²) >= 11 is 1.53. The molecular formula is C20H15N5O2S. The minimum atomic E-state index is -0.345. The Bertz CT molecular complexity index is 1110. The Morgan fingerprint density at radius 1 is 1.00 bits per heavy atom. The lowest BCUT2D eigenvalue weighted by Crippen LogP contribution is -2.21. The van der Waals surface area contributed by atoms with Crippen molar-refractivity contribution in [2.75, 3.05) is 5.32 Å². The maximum Gasteiger partial charge on any atom is 0.248 e. The summed E-state index contributed by atoms with van der Waals surface area (Å²) in [4.78, 5) is 26.4. The molecule has 0 aliphatic rings. The minimum Gasteiger partial charge on any atom is -0.324 e. The highest BCUT2D eigenvalue weighted by Gasteiger charge is 2.16. The molecule has 7 nitrogen and oxygen atoms in total. The van der Waals surface area contributed by atoms with Gasteiger partial charge in [0, 0.05) is 22.1 Å². The van der Waals surface area contributed by atoms with E-state index in [1.54, 1.807) is 48.5 Å². The van der Waals surface area contributed by atoms with Crippen molar-refractivity contribution >= 4 is 28.7 Å². The van der Waals surface area contributed by atoms with E-state index in [1.807, 2.05) is 22.9 Å². The fourth-order valence-corrected chi connectivity index (χ4v) is 3.31. The number of para-hydroxylation sites is 1. The largest absolute Gasteiger partial charge is 0.324 e. The third-order valence-electron chi connectivity index (χ3n) is 4.00. The van der Waals surface area contributed by atoms with Crippen molar-refractivity contribution in [3.63, 3.8) is 0 Å². The Kier molecular flexibility index (Phi) is 5.03. The lowest BCUT2D eigenvalue weighted by molar-refractivity contribution is -0.117. The van der Waals surface area contributed by atoms with Gasteiger partial charge in [0.1, 0.15) is 6.54 Å². The van der Waals surface area contributed by atoms with E-state index in [0.717, 1.165) is 5.56 Å². The smallest absolute Gasteiger partial charge is 0.248 e. The molecule has 4 rings (SSSR count). The molecule has 2 aromatic heterocycles. The monoisotopic (exact) mass is 389 g/mol. The number of hydrogen-bond donors (Lipinski definition) is 1. The Balaban J connectivity index is 1.49. The van der Waals surface area contributed by atoms with Gasteiger partial charge in [-0.2, -0.15) is 16.1 Å². The number of amides is 1. The highest BCUT2D eigenvalue weighted by Crippen LogP contribution is 2.20. The van der Waals surface area contributed by atoms with Crippen LogP contribution in [0.2, 0.25) is 0 Å². The number of thiophene rings is 1. The molecule has 0 spiro atoms. The lowest BCUT2D eigenvalue weighted by Gasteiger charge is -2.10. The molecule has 0 bridgehead atoms. The highest BCUT2D eigenvalue weighted by molar-refractivity contribution is 7.08. The van der Waals surface area contributed by atoms with E-state index in [4.69, 9.17) is 0 Å². The first-order valence-electron chi connectivity index (χ1n) is 8.50. The van der Waals surface area contributed by atoms with Crippen LogP contribution in [-0.2, 0) is 11.3 Å². The van der Waals surface area contributed by atoms with Gasteiger partial charge < -0.3 is 5.32 Å². The van der Waals surface area contributed by atoms with Gasteiger partial charge in [0.05, 0.1) is 5.69 Å². The maximum atomic E-state index is 12.8. The number of tetrazole rings is 1. The van der Waals surface area contributed by atoms with Gasteiger partial charge in [0.25, 0.3) is 0 Å². The van der Waals surface area contributed by atoms with Crippen LogP contribution < -0.4 is 5.32 Å². The molecule has 138 valence electrons. The molecule has 0 radical (unpaired) electrons. The summed E-state index contributed by atoms with van der Waals surface area (Å²) in [5, 5.41) is 18.7. The normalized spacial score (nSPS) is 10.6. The zero-order valence-corrected chi connectivity index (χ0v) is 15.5. The number of carbonyl (C=O) groups excluding carboxylic acids is 2. The SMILES string of the molecule is O=C(Cn1nnc(-c2ccsc2)n1)Nc1ccccc1C(=O)c1ccccc1. The van der Waals surface area contributed by atoms with Crippen molar-refractivity contribution in [2.24, 2.45) is 0 Å². The number of benzene rings is 2. The Labute approximate surface area is 164 Å². The fraction of sp³-hybridized carbons (Fsp3) is 0.0500. The number of anilines is 1. The molecule has 28 heavy (non-hydrogen) atoms. The molecule has 1 amide bonds. The number of hydrogen-bond acceptors (Lipinski definition) is 6. The van der Waals surface area contributed by atoms with Gasteiger partial charge >= 0.3 is 0 Å². The second-order valence-corrected chi connectivity index (χ2v) is 6.72. The molecular weight excluding hydrogens is 374 g/mol. The van der Waals surface area contributed by atoms with Gasteiger partial charge in [0.2, 0.25) is 11.7 Å². The molecule has 0 aliphatic heterocycles. The summed E-state index contributed by atoms with van der Waals surface area (Å²) in [5.74, 6) is -0.0357. The number of aromatic nitrogens is 4. The Morgan fingerprint density at radius 3 is 2.57 bits per heavy atom. The van der Waals surface area contributed by atoms with Crippen molar-refractivity contribution in [1.29, 1.82) is 0 Å². The number of nitrogens with one attached hydrogen (secondary N) is 1. The zero-order chi connectivity index (χ0) is 19.3. The van der Waals surface area contributed by atoms with Gasteiger partial charge in [-0.15, -0.1) is 10.2 Å². The van der Waals surface area contributed by atoms with Crippen LogP contribution in [0, 0.1) is 0 Å². The molecule has 0 fully saturated rings.